The Morgan fingerprint density at radius 2 is 1.96 bits per heavy atom. The van der Waals surface area contributed by atoms with Crippen LogP contribution in [0.2, 0.25) is 10.0 Å². The Morgan fingerprint density at radius 3 is 2.64 bits per heavy atom. The van der Waals surface area contributed by atoms with E-state index < -0.39 is 0 Å². The molecule has 0 atom stereocenters. The number of aromatic nitrogens is 4. The van der Waals surface area contributed by atoms with Crippen LogP contribution >= 0.6 is 23.2 Å². The number of rotatable bonds is 4. The van der Waals surface area contributed by atoms with Gasteiger partial charge in [-0.2, -0.15) is 0 Å². The summed E-state index contributed by atoms with van der Waals surface area (Å²) in [4.78, 5) is 13.8. The maximum Gasteiger partial charge on any atom is 0.321 e. The van der Waals surface area contributed by atoms with E-state index in [1.165, 1.54) is 15.9 Å². The van der Waals surface area contributed by atoms with Crippen molar-refractivity contribution in [3.8, 4) is 5.69 Å². The molecule has 0 aliphatic carbocycles. The lowest BCUT2D eigenvalue weighted by Gasteiger charge is -2.19. The van der Waals surface area contributed by atoms with Crippen LogP contribution in [-0.2, 0) is 6.54 Å². The molecule has 0 aliphatic rings. The third-order valence-electron chi connectivity index (χ3n) is 3.52. The van der Waals surface area contributed by atoms with Crippen LogP contribution in [0.5, 0.6) is 0 Å². The number of hydrogen-bond acceptors (Lipinski definition) is 4. The summed E-state index contributed by atoms with van der Waals surface area (Å²) in [5, 5.41) is 14.7. The fourth-order valence-electron chi connectivity index (χ4n) is 2.19. The van der Waals surface area contributed by atoms with Gasteiger partial charge in [-0.05, 0) is 46.3 Å². The first-order valence-electron chi connectivity index (χ1n) is 7.33. The number of anilines is 1. The number of halogens is 2. The highest BCUT2D eigenvalue weighted by Crippen LogP contribution is 2.26. The van der Waals surface area contributed by atoms with Crippen molar-refractivity contribution in [2.45, 2.75) is 6.54 Å². The van der Waals surface area contributed by atoms with Crippen molar-refractivity contribution in [1.29, 1.82) is 0 Å². The molecule has 2 amide bonds. The third kappa shape index (κ3) is 4.07. The molecular weight excluding hydrogens is 363 g/mol. The van der Waals surface area contributed by atoms with E-state index in [0.717, 1.165) is 11.3 Å². The average Bonchev–Trinajstić information content (AvgIpc) is 3.14. The van der Waals surface area contributed by atoms with E-state index in [0.29, 0.717) is 22.3 Å². The zero-order chi connectivity index (χ0) is 17.8. The summed E-state index contributed by atoms with van der Waals surface area (Å²) in [5.41, 5.74) is 2.23. The van der Waals surface area contributed by atoms with Crippen molar-refractivity contribution in [2.24, 2.45) is 0 Å². The maximum atomic E-state index is 12.3. The first-order valence-corrected chi connectivity index (χ1v) is 8.08. The van der Waals surface area contributed by atoms with Crippen LogP contribution < -0.4 is 5.32 Å². The minimum atomic E-state index is -0.258. The Balaban J connectivity index is 1.64. The van der Waals surface area contributed by atoms with Gasteiger partial charge in [-0.3, -0.25) is 0 Å². The van der Waals surface area contributed by atoms with Crippen LogP contribution in [0.3, 0.4) is 0 Å². The summed E-state index contributed by atoms with van der Waals surface area (Å²) >= 11 is 12.2. The van der Waals surface area contributed by atoms with Crippen molar-refractivity contribution in [1.82, 2.24) is 25.1 Å². The smallest absolute Gasteiger partial charge is 0.321 e. The number of carbonyl (C=O) groups excluding carboxylic acids is 1. The van der Waals surface area contributed by atoms with Crippen LogP contribution in [0.1, 0.15) is 5.56 Å². The molecule has 128 valence electrons. The topological polar surface area (TPSA) is 75.9 Å². The Bertz CT molecular complexity index is 867. The van der Waals surface area contributed by atoms with E-state index in [9.17, 15) is 4.79 Å². The number of nitrogens with one attached hydrogen (secondary N) is 1. The van der Waals surface area contributed by atoms with Gasteiger partial charge >= 0.3 is 6.03 Å². The molecule has 0 aliphatic heterocycles. The number of benzene rings is 2. The van der Waals surface area contributed by atoms with Crippen molar-refractivity contribution < 1.29 is 4.79 Å². The van der Waals surface area contributed by atoms with Crippen molar-refractivity contribution in [2.75, 3.05) is 12.4 Å². The average molecular weight is 377 g/mol. The molecule has 2 aromatic carbocycles. The molecular formula is C16H14Cl2N6O. The Hall–Kier alpha value is -2.64. The van der Waals surface area contributed by atoms with Gasteiger partial charge in [-0.25, -0.2) is 9.48 Å². The Labute approximate surface area is 154 Å². The minimum absolute atomic E-state index is 0.258. The van der Waals surface area contributed by atoms with E-state index in [-0.39, 0.29) is 6.03 Å². The summed E-state index contributed by atoms with van der Waals surface area (Å²) in [6.07, 6.45) is 1.50. The molecule has 0 radical (unpaired) electrons. The second-order valence-electron chi connectivity index (χ2n) is 5.30. The summed E-state index contributed by atoms with van der Waals surface area (Å²) in [5.74, 6) is 0. The van der Waals surface area contributed by atoms with Gasteiger partial charge in [-0.15, -0.1) is 5.10 Å². The molecule has 0 bridgehead atoms. The molecule has 3 rings (SSSR count). The van der Waals surface area contributed by atoms with Crippen LogP contribution in [0.25, 0.3) is 5.69 Å². The SMILES string of the molecule is CN(Cc1cccc(Cl)c1Cl)C(=O)Nc1ccc(-n2cnnn2)cc1. The van der Waals surface area contributed by atoms with E-state index in [1.807, 2.05) is 6.07 Å². The largest absolute Gasteiger partial charge is 0.323 e. The van der Waals surface area contributed by atoms with Crippen LogP contribution in [0, 0.1) is 0 Å². The third-order valence-corrected chi connectivity index (χ3v) is 4.38. The van der Waals surface area contributed by atoms with Gasteiger partial charge in [0, 0.05) is 19.3 Å². The summed E-state index contributed by atoms with van der Waals surface area (Å²) in [7, 11) is 1.68. The molecule has 1 N–H and O–H groups in total. The summed E-state index contributed by atoms with van der Waals surface area (Å²) in [6, 6.07) is 12.2. The molecule has 7 nitrogen and oxygen atoms in total. The van der Waals surface area contributed by atoms with Crippen molar-refractivity contribution >= 4 is 34.9 Å². The zero-order valence-electron chi connectivity index (χ0n) is 13.2. The van der Waals surface area contributed by atoms with Crippen LogP contribution in [0.15, 0.2) is 48.8 Å². The van der Waals surface area contributed by atoms with Crippen molar-refractivity contribution in [3.63, 3.8) is 0 Å². The molecule has 25 heavy (non-hydrogen) atoms. The molecule has 0 fully saturated rings. The van der Waals surface area contributed by atoms with Gasteiger partial charge in [0.1, 0.15) is 6.33 Å². The molecule has 0 saturated carbocycles. The van der Waals surface area contributed by atoms with E-state index >= 15 is 0 Å². The zero-order valence-corrected chi connectivity index (χ0v) is 14.7. The molecule has 1 aromatic heterocycles. The molecule has 1 heterocycles. The van der Waals surface area contributed by atoms with Gasteiger partial charge in [0.05, 0.1) is 15.7 Å². The van der Waals surface area contributed by atoms with E-state index in [2.05, 4.69) is 20.8 Å². The Kier molecular flexibility index (Phi) is 5.16. The van der Waals surface area contributed by atoms with Gasteiger partial charge in [-0.1, -0.05) is 35.3 Å². The predicted molar refractivity (Wildman–Crippen MR) is 96.1 cm³/mol. The number of carbonyl (C=O) groups is 1. The number of amides is 2. The first kappa shape index (κ1) is 17.2. The second kappa shape index (κ2) is 7.50. The number of tetrazole rings is 1. The quantitative estimate of drug-likeness (QED) is 0.753. The fourth-order valence-corrected chi connectivity index (χ4v) is 2.57. The van der Waals surface area contributed by atoms with Gasteiger partial charge < -0.3 is 10.2 Å². The number of hydrogen-bond donors (Lipinski definition) is 1. The molecule has 0 spiro atoms. The Morgan fingerprint density at radius 1 is 1.20 bits per heavy atom. The highest BCUT2D eigenvalue weighted by molar-refractivity contribution is 6.42. The fraction of sp³-hybridized carbons (Fsp3) is 0.125. The van der Waals surface area contributed by atoms with Crippen molar-refractivity contribution in [3.05, 3.63) is 64.4 Å². The van der Waals surface area contributed by atoms with E-state index in [4.69, 9.17) is 23.2 Å². The van der Waals surface area contributed by atoms with Gasteiger partial charge in [0.2, 0.25) is 0 Å². The summed E-state index contributed by atoms with van der Waals surface area (Å²) in [6.45, 7) is 0.341. The van der Waals surface area contributed by atoms with Gasteiger partial charge in [0.25, 0.3) is 0 Å². The highest BCUT2D eigenvalue weighted by Gasteiger charge is 2.12. The highest BCUT2D eigenvalue weighted by atomic mass is 35.5. The molecule has 0 unspecified atom stereocenters. The normalized spacial score (nSPS) is 10.5. The molecule has 3 aromatic rings. The predicted octanol–water partition coefficient (Wildman–Crippen LogP) is 3.63. The number of nitrogens with zero attached hydrogens (tertiary/aromatic N) is 5. The lowest BCUT2D eigenvalue weighted by atomic mass is 10.2. The first-order chi connectivity index (χ1) is 12.0. The van der Waals surface area contributed by atoms with E-state index in [1.54, 1.807) is 43.4 Å². The summed E-state index contributed by atoms with van der Waals surface area (Å²) < 4.78 is 1.53. The standard InChI is InChI=1S/C16H14Cl2N6O/c1-23(9-11-3-2-4-14(17)15(11)18)16(25)20-12-5-7-13(8-6-12)24-10-19-21-22-24/h2-8,10H,9H2,1H3,(H,20,25). The van der Waals surface area contributed by atoms with Crippen LogP contribution in [-0.4, -0.2) is 38.2 Å². The monoisotopic (exact) mass is 376 g/mol. The second-order valence-corrected chi connectivity index (χ2v) is 6.09. The lowest BCUT2D eigenvalue weighted by Crippen LogP contribution is -2.30. The molecule has 9 heteroatoms. The minimum Gasteiger partial charge on any atom is -0.323 e. The number of urea groups is 1. The maximum absolute atomic E-state index is 12.3. The molecule has 0 saturated heterocycles. The van der Waals surface area contributed by atoms with Gasteiger partial charge in [0.15, 0.2) is 0 Å². The van der Waals surface area contributed by atoms with Crippen LogP contribution in [0.4, 0.5) is 10.5 Å². The lowest BCUT2D eigenvalue weighted by molar-refractivity contribution is 0.220.